The van der Waals surface area contributed by atoms with Crippen molar-refractivity contribution in [2.24, 2.45) is 16.5 Å². The van der Waals surface area contributed by atoms with Gasteiger partial charge in [0.2, 0.25) is 0 Å². The van der Waals surface area contributed by atoms with Gasteiger partial charge in [0.1, 0.15) is 41.2 Å². The molecule has 6 heterocycles. The van der Waals surface area contributed by atoms with Crippen LogP contribution in [0, 0.1) is 16.2 Å². The minimum absolute atomic E-state index is 0.0356. The van der Waals surface area contributed by atoms with Crippen molar-refractivity contribution in [1.82, 2.24) is 19.6 Å². The lowest BCUT2D eigenvalue weighted by molar-refractivity contribution is -0.0818. The summed E-state index contributed by atoms with van der Waals surface area (Å²) in [5.41, 5.74) is 4.07. The Labute approximate surface area is 408 Å². The van der Waals surface area contributed by atoms with Crippen molar-refractivity contribution >= 4 is 44.0 Å². The predicted molar refractivity (Wildman–Crippen MR) is 266 cm³/mol. The van der Waals surface area contributed by atoms with Crippen LogP contribution in [0.2, 0.25) is 0 Å². The van der Waals surface area contributed by atoms with Crippen LogP contribution in [0.5, 0.6) is 23.1 Å². The van der Waals surface area contributed by atoms with Gasteiger partial charge in [-0.05, 0) is 128 Å². The van der Waals surface area contributed by atoms with Crippen molar-refractivity contribution in [3.63, 3.8) is 0 Å². The first-order chi connectivity index (χ1) is 33.7. The van der Waals surface area contributed by atoms with Gasteiger partial charge in [-0.3, -0.25) is 9.69 Å². The van der Waals surface area contributed by atoms with Crippen LogP contribution in [-0.4, -0.2) is 104 Å². The summed E-state index contributed by atoms with van der Waals surface area (Å²) in [7, 11) is -4.59. The van der Waals surface area contributed by atoms with Crippen molar-refractivity contribution in [1.29, 1.82) is 0 Å². The van der Waals surface area contributed by atoms with E-state index in [-0.39, 0.29) is 69.4 Å². The maximum Gasteiger partial charge on any atom is 0.268 e. The summed E-state index contributed by atoms with van der Waals surface area (Å²) in [6.07, 6.45) is 10.1. The number of fused-ring (bicyclic) bond motifs is 2. The van der Waals surface area contributed by atoms with Crippen LogP contribution >= 0.6 is 0 Å². The van der Waals surface area contributed by atoms with Gasteiger partial charge in [-0.25, -0.2) is 13.1 Å². The number of carbonyl (C=O) groups is 1. The largest absolute Gasteiger partial charge is 0.489 e. The number of aromatic amines is 1. The third kappa shape index (κ3) is 9.09. The number of carbonyl (C=O) groups excluding carboxylic acids is 1. The lowest BCUT2D eigenvalue weighted by atomic mass is 9.70. The Bertz CT molecular complexity index is 2890. The number of rotatable bonds is 13. The third-order valence-electron chi connectivity index (χ3n) is 16.1. The number of sulfonamides is 1. The van der Waals surface area contributed by atoms with E-state index in [9.17, 15) is 23.2 Å². The summed E-state index contributed by atoms with van der Waals surface area (Å²) >= 11 is 0. The molecular weight excluding hydrogens is 911 g/mol. The Morgan fingerprint density at radius 2 is 1.74 bits per heavy atom. The summed E-state index contributed by atoms with van der Waals surface area (Å²) in [4.78, 5) is 39.1. The van der Waals surface area contributed by atoms with E-state index < -0.39 is 21.5 Å². The minimum Gasteiger partial charge on any atom is -0.489 e. The van der Waals surface area contributed by atoms with E-state index in [0.29, 0.717) is 55.3 Å². The summed E-state index contributed by atoms with van der Waals surface area (Å²) in [5.74, 6) is 1.01. The first kappa shape index (κ1) is 46.6. The van der Waals surface area contributed by atoms with E-state index in [0.717, 1.165) is 69.0 Å². The average Bonchev–Trinajstić information content (AvgIpc) is 4.01. The van der Waals surface area contributed by atoms with Gasteiger partial charge >= 0.3 is 0 Å². The Hall–Kier alpha value is -5.75. The number of likely N-dealkylation sites (tertiary alicyclic amines) is 1. The highest BCUT2D eigenvalue weighted by Crippen LogP contribution is 2.50. The molecule has 70 heavy (non-hydrogen) atoms. The maximum atomic E-state index is 14.4. The molecule has 5 aromatic rings. The standard InChI is InChI=1S/C53H63N7O9S/c1-32(2)38-7-4-5-8-39(38)40-9-6-10-44(40)60-30-53(31-60)18-21-59(22-19-53)35-11-12-41(45(24-35)69-47-23-34-15-20-54-49(34)56-51(47)68-36-27-66-28-36)50(61)58-70(64,65)37-25-42(57-63)48-46(26-37)67-29-43(55-48)33-13-16-52(3,62)17-14-33/h4-5,7-8,11-12,15,20,23-26,32-33,36,40,43-44,55,62H,6,9-10,13-14,16-19,21-22,27-31H2,1-3H3,(H,54,56)(H,58,61)/t33?,40-,43+,44-,52?/m0/s1. The molecule has 2 aliphatic carbocycles. The topological polar surface area (TPSA) is 197 Å². The van der Waals surface area contributed by atoms with Gasteiger partial charge in [0, 0.05) is 61.6 Å². The monoisotopic (exact) mass is 973 g/mol. The number of H-pyrrole nitrogens is 1. The maximum absolute atomic E-state index is 14.4. The van der Waals surface area contributed by atoms with Gasteiger partial charge in [0.25, 0.3) is 21.8 Å². The number of pyridine rings is 1. The zero-order valence-corrected chi connectivity index (χ0v) is 40.9. The van der Waals surface area contributed by atoms with Crippen LogP contribution in [-0.2, 0) is 14.8 Å². The SMILES string of the molecule is CC(C)c1ccccc1[C@@H]1CCC[C@@H]1N1CC2(CCN(c3ccc(C(=O)NS(=O)(=O)c4cc(N=O)c5c(c4)OC[C@H](C4CCC(C)(O)CC4)N5)c(Oc4cc5cc[nH]c5nc4OC4COC4)c3)CC2)C1. The molecule has 3 saturated heterocycles. The molecule has 3 atom stereocenters. The highest BCUT2D eigenvalue weighted by molar-refractivity contribution is 7.90. The number of piperidine rings is 1. The Balaban J connectivity index is 0.830. The molecule has 6 aliphatic rings. The normalized spacial score (nSPS) is 25.6. The fourth-order valence-corrected chi connectivity index (χ4v) is 13.0. The zero-order chi connectivity index (χ0) is 48.4. The Morgan fingerprint density at radius 1 is 0.957 bits per heavy atom. The zero-order valence-electron chi connectivity index (χ0n) is 40.1. The van der Waals surface area contributed by atoms with Crippen molar-refractivity contribution in [3.8, 4) is 23.1 Å². The molecular formula is C53H63N7O9S. The van der Waals surface area contributed by atoms with Gasteiger partial charge in [-0.1, -0.05) is 44.5 Å². The summed E-state index contributed by atoms with van der Waals surface area (Å²) in [6.45, 7) is 11.3. The molecule has 17 heteroatoms. The molecule has 3 aromatic carbocycles. The molecule has 11 rings (SSSR count). The van der Waals surface area contributed by atoms with Crippen molar-refractivity contribution in [2.45, 2.75) is 119 Å². The van der Waals surface area contributed by atoms with E-state index in [4.69, 9.17) is 23.9 Å². The summed E-state index contributed by atoms with van der Waals surface area (Å²) in [5, 5.41) is 17.8. The van der Waals surface area contributed by atoms with Gasteiger partial charge in [-0.2, -0.15) is 4.98 Å². The van der Waals surface area contributed by atoms with E-state index in [2.05, 4.69) is 68.1 Å². The van der Waals surface area contributed by atoms with Gasteiger partial charge in [0.05, 0.1) is 35.3 Å². The molecule has 1 spiro atoms. The van der Waals surface area contributed by atoms with Crippen molar-refractivity contribution in [3.05, 3.63) is 94.5 Å². The highest BCUT2D eigenvalue weighted by atomic mass is 32.2. The van der Waals surface area contributed by atoms with Crippen LogP contribution in [0.15, 0.2) is 83.0 Å². The number of nitrogens with zero attached hydrogens (tertiary/aromatic N) is 4. The second-order valence-corrected chi connectivity index (χ2v) is 23.0. The van der Waals surface area contributed by atoms with E-state index >= 15 is 0 Å². The smallest absolute Gasteiger partial charge is 0.268 e. The molecule has 1 amide bonds. The number of anilines is 2. The first-order valence-electron chi connectivity index (χ1n) is 25.1. The number of amides is 1. The number of nitroso groups, excluding NO2 is 1. The fraction of sp³-hybridized carbons (Fsp3) is 0.509. The molecule has 16 nitrogen and oxygen atoms in total. The van der Waals surface area contributed by atoms with E-state index in [1.807, 2.05) is 19.1 Å². The number of ether oxygens (including phenoxy) is 4. The summed E-state index contributed by atoms with van der Waals surface area (Å²) in [6, 6.07) is 20.7. The average molecular weight is 974 g/mol. The van der Waals surface area contributed by atoms with E-state index in [1.165, 1.54) is 36.5 Å². The molecule has 0 bridgehead atoms. The Kier molecular flexibility index (Phi) is 12.3. The predicted octanol–water partition coefficient (Wildman–Crippen LogP) is 9.13. The number of nitrogens with one attached hydrogen (secondary N) is 3. The number of benzene rings is 3. The van der Waals surface area contributed by atoms with Crippen LogP contribution in [0.1, 0.15) is 112 Å². The van der Waals surface area contributed by atoms with Gasteiger partial charge in [0.15, 0.2) is 5.75 Å². The van der Waals surface area contributed by atoms with Crippen LogP contribution in [0.25, 0.3) is 11.0 Å². The quantitative estimate of drug-likeness (QED) is 0.0816. The second-order valence-electron chi connectivity index (χ2n) is 21.3. The summed E-state index contributed by atoms with van der Waals surface area (Å²) < 4.78 is 54.7. The van der Waals surface area contributed by atoms with Crippen LogP contribution < -0.4 is 29.1 Å². The molecule has 5 fully saturated rings. The molecule has 2 saturated carbocycles. The van der Waals surface area contributed by atoms with Crippen molar-refractivity contribution in [2.75, 3.05) is 56.2 Å². The Morgan fingerprint density at radius 3 is 2.49 bits per heavy atom. The molecule has 2 aromatic heterocycles. The third-order valence-corrected chi connectivity index (χ3v) is 17.4. The molecule has 0 radical (unpaired) electrons. The highest BCUT2D eigenvalue weighted by Gasteiger charge is 2.49. The number of aromatic nitrogens is 2. The van der Waals surface area contributed by atoms with E-state index in [1.54, 1.807) is 24.4 Å². The van der Waals surface area contributed by atoms with Crippen LogP contribution in [0.3, 0.4) is 0 Å². The number of hydrogen-bond acceptors (Lipinski definition) is 14. The van der Waals surface area contributed by atoms with Gasteiger partial charge in [-0.15, -0.1) is 4.91 Å². The number of hydrogen-bond donors (Lipinski definition) is 4. The molecule has 370 valence electrons. The second kappa shape index (κ2) is 18.5. The number of aliphatic hydroxyl groups is 1. The van der Waals surface area contributed by atoms with Gasteiger partial charge < -0.3 is 39.3 Å². The molecule has 0 unspecified atom stereocenters. The molecule has 4 aliphatic heterocycles. The fourth-order valence-electron chi connectivity index (χ4n) is 12.0. The minimum atomic E-state index is -4.59. The molecule has 4 N–H and O–H groups in total. The lowest BCUT2D eigenvalue weighted by Crippen LogP contribution is -2.63. The van der Waals surface area contributed by atoms with Crippen LogP contribution in [0.4, 0.5) is 17.1 Å². The van der Waals surface area contributed by atoms with Crippen molar-refractivity contribution < 1.29 is 37.3 Å². The first-order valence-corrected chi connectivity index (χ1v) is 26.5. The lowest BCUT2D eigenvalue weighted by Gasteiger charge is -2.57.